The third kappa shape index (κ3) is 7.55. The van der Waals surface area contributed by atoms with E-state index in [0.29, 0.717) is 56.5 Å². The number of hydrogen-bond acceptors (Lipinski definition) is 6. The normalized spacial score (nSPS) is 19.5. The highest BCUT2D eigenvalue weighted by Gasteiger charge is 2.33. The van der Waals surface area contributed by atoms with Gasteiger partial charge in [-0.3, -0.25) is 9.79 Å². The molecule has 0 saturated carbocycles. The van der Waals surface area contributed by atoms with Gasteiger partial charge < -0.3 is 26.8 Å². The molecule has 0 bridgehead atoms. The van der Waals surface area contributed by atoms with Gasteiger partial charge in [0.25, 0.3) is 0 Å². The quantitative estimate of drug-likeness (QED) is 0.169. The molecule has 11 heteroatoms. The van der Waals surface area contributed by atoms with Gasteiger partial charge in [0.15, 0.2) is 5.96 Å². The number of anilines is 1. The Balaban J connectivity index is 1.75. The fourth-order valence-electron chi connectivity index (χ4n) is 4.92. The van der Waals surface area contributed by atoms with E-state index in [1.54, 1.807) is 17.0 Å². The van der Waals surface area contributed by atoms with Gasteiger partial charge in [-0.05, 0) is 68.4 Å². The molecule has 1 unspecified atom stereocenters. The van der Waals surface area contributed by atoms with E-state index in [0.717, 1.165) is 37.7 Å². The van der Waals surface area contributed by atoms with E-state index >= 15 is 0 Å². The molecule has 196 valence electrons. The number of sulfonamides is 1. The second kappa shape index (κ2) is 12.5. The van der Waals surface area contributed by atoms with Crippen LogP contribution < -0.4 is 21.5 Å². The topological polar surface area (TPSA) is 163 Å². The van der Waals surface area contributed by atoms with Crippen LogP contribution in [0, 0.1) is 11.8 Å². The number of nitrogens with zero attached hydrogens (tertiary/aromatic N) is 2. The summed E-state index contributed by atoms with van der Waals surface area (Å²) in [6.07, 6.45) is 4.97. The number of nitrogens with two attached hydrogens (primary N) is 2. The van der Waals surface area contributed by atoms with Gasteiger partial charge in [0, 0.05) is 32.8 Å². The molecule has 2 aliphatic heterocycles. The highest BCUT2D eigenvalue weighted by atomic mass is 32.2. The molecule has 1 aromatic carbocycles. The number of piperidine rings is 1. The number of nitrogens with one attached hydrogen (secondary N) is 2. The number of hydrogen-bond donors (Lipinski definition) is 5. The molecule has 10 nitrogen and oxygen atoms in total. The third-order valence-electron chi connectivity index (χ3n) is 6.84. The first kappa shape index (κ1) is 27.2. The van der Waals surface area contributed by atoms with Crippen LogP contribution in [0.15, 0.2) is 28.1 Å². The van der Waals surface area contributed by atoms with Crippen LogP contribution in [0.3, 0.4) is 0 Å². The highest BCUT2D eigenvalue weighted by Crippen LogP contribution is 2.31. The Morgan fingerprint density at radius 1 is 1.29 bits per heavy atom. The molecule has 0 aliphatic carbocycles. The second-order valence-corrected chi connectivity index (χ2v) is 11.4. The molecule has 1 amide bonds. The van der Waals surface area contributed by atoms with Crippen molar-refractivity contribution >= 4 is 27.6 Å². The number of rotatable bonds is 11. The Morgan fingerprint density at radius 3 is 2.71 bits per heavy atom. The lowest BCUT2D eigenvalue weighted by Gasteiger charge is -2.34. The van der Waals surface area contributed by atoms with E-state index < -0.39 is 16.1 Å². The zero-order valence-electron chi connectivity index (χ0n) is 20.6. The number of benzene rings is 1. The minimum atomic E-state index is -3.95. The van der Waals surface area contributed by atoms with Crippen LogP contribution in [0.5, 0.6) is 0 Å². The van der Waals surface area contributed by atoms with E-state index in [1.165, 1.54) is 0 Å². The fraction of sp³-hybridized carbons (Fsp3) is 0.667. The first-order valence-electron chi connectivity index (χ1n) is 12.5. The van der Waals surface area contributed by atoms with Crippen molar-refractivity contribution in [2.24, 2.45) is 28.3 Å². The average molecular weight is 509 g/mol. The summed E-state index contributed by atoms with van der Waals surface area (Å²) in [5, 5.41) is 12.3. The molecule has 1 fully saturated rings. The number of guanidine groups is 1. The van der Waals surface area contributed by atoms with E-state index in [9.17, 15) is 13.2 Å². The molecule has 0 aromatic heterocycles. The summed E-state index contributed by atoms with van der Waals surface area (Å²) in [6.45, 7) is 4.48. The molecule has 35 heavy (non-hydrogen) atoms. The molecular formula is C24H40N6O4S. The Morgan fingerprint density at radius 2 is 2.03 bits per heavy atom. The maximum Gasteiger partial charge on any atom is 0.243 e. The number of fused-ring (bicyclic) bond motifs is 1. The number of aliphatic hydroxyl groups is 1. The highest BCUT2D eigenvalue weighted by molar-refractivity contribution is 7.89. The van der Waals surface area contributed by atoms with E-state index in [2.05, 4.69) is 22.0 Å². The Bertz CT molecular complexity index is 988. The summed E-state index contributed by atoms with van der Waals surface area (Å²) >= 11 is 0. The number of likely N-dealkylation sites (tertiary alicyclic amines) is 1. The smallest absolute Gasteiger partial charge is 0.243 e. The first-order valence-corrected chi connectivity index (χ1v) is 14.0. The van der Waals surface area contributed by atoms with Crippen molar-refractivity contribution in [2.75, 3.05) is 38.1 Å². The zero-order valence-corrected chi connectivity index (χ0v) is 21.4. The standard InChI is InChI=1S/C24H40N6O4S/c1-17-15-19-6-2-8-21(22(19)28-16-17)35(33,34)29-20(7-3-11-27-24(25)26)23(32)30-12-9-18(10-13-30)5-4-14-31/h2,6,8,17-18,20,28-29,31H,3-5,7,9-16H2,1H3,(H4,25,26,27)/t17?,20-/m0/s1. The third-order valence-corrected chi connectivity index (χ3v) is 8.35. The molecule has 1 saturated heterocycles. The second-order valence-electron chi connectivity index (χ2n) is 9.74. The molecular weight excluding hydrogens is 468 g/mol. The number of aliphatic imine (C=N–C) groups is 1. The predicted molar refractivity (Wildman–Crippen MR) is 137 cm³/mol. The Hall–Kier alpha value is -2.37. The van der Waals surface area contributed by atoms with Gasteiger partial charge in [-0.25, -0.2) is 8.42 Å². The summed E-state index contributed by atoms with van der Waals surface area (Å²) in [6, 6.07) is 4.37. The van der Waals surface area contributed by atoms with Crippen molar-refractivity contribution in [3.63, 3.8) is 0 Å². The SMILES string of the molecule is CC1CNc2c(cccc2S(=O)(=O)N[C@@H](CCCN=C(N)N)C(=O)N2CCC(CCCO)CC2)C1. The summed E-state index contributed by atoms with van der Waals surface area (Å²) in [7, 11) is -3.95. The number of aliphatic hydroxyl groups excluding tert-OH is 1. The zero-order chi connectivity index (χ0) is 25.4. The van der Waals surface area contributed by atoms with Crippen molar-refractivity contribution in [2.45, 2.75) is 62.8 Å². The lowest BCUT2D eigenvalue weighted by atomic mass is 9.92. The predicted octanol–water partition coefficient (Wildman–Crippen LogP) is 1.00. The van der Waals surface area contributed by atoms with Gasteiger partial charge in [0.05, 0.1) is 5.69 Å². The lowest BCUT2D eigenvalue weighted by molar-refractivity contribution is -0.134. The van der Waals surface area contributed by atoms with Crippen molar-refractivity contribution in [1.82, 2.24) is 9.62 Å². The molecule has 7 N–H and O–H groups in total. The molecule has 0 radical (unpaired) electrons. The van der Waals surface area contributed by atoms with Crippen LogP contribution in [0.2, 0.25) is 0 Å². The van der Waals surface area contributed by atoms with Crippen LogP contribution >= 0.6 is 0 Å². The van der Waals surface area contributed by atoms with Crippen LogP contribution in [0.25, 0.3) is 0 Å². The monoisotopic (exact) mass is 508 g/mol. The van der Waals surface area contributed by atoms with Gasteiger partial charge in [0.1, 0.15) is 10.9 Å². The number of carbonyl (C=O) groups is 1. The van der Waals surface area contributed by atoms with Gasteiger partial charge in [0.2, 0.25) is 15.9 Å². The van der Waals surface area contributed by atoms with Crippen molar-refractivity contribution in [1.29, 1.82) is 0 Å². The van der Waals surface area contributed by atoms with E-state index in [1.807, 2.05) is 6.07 Å². The average Bonchev–Trinajstić information content (AvgIpc) is 2.83. The van der Waals surface area contributed by atoms with Gasteiger partial charge in [-0.1, -0.05) is 19.1 Å². The van der Waals surface area contributed by atoms with E-state index in [4.69, 9.17) is 16.6 Å². The van der Waals surface area contributed by atoms with Gasteiger partial charge >= 0.3 is 0 Å². The van der Waals surface area contributed by atoms with Crippen molar-refractivity contribution < 1.29 is 18.3 Å². The van der Waals surface area contributed by atoms with Crippen LogP contribution in [0.4, 0.5) is 5.69 Å². The number of amides is 1. The van der Waals surface area contributed by atoms with Crippen molar-refractivity contribution in [3.05, 3.63) is 23.8 Å². The maximum absolute atomic E-state index is 13.5. The molecule has 2 heterocycles. The minimum Gasteiger partial charge on any atom is -0.396 e. The lowest BCUT2D eigenvalue weighted by Crippen LogP contribution is -2.50. The molecule has 0 spiro atoms. The van der Waals surface area contributed by atoms with Crippen LogP contribution in [0.1, 0.15) is 51.0 Å². The van der Waals surface area contributed by atoms with Crippen molar-refractivity contribution in [3.8, 4) is 0 Å². The Labute approximate surface area is 208 Å². The molecule has 3 rings (SSSR count). The summed E-state index contributed by atoms with van der Waals surface area (Å²) < 4.78 is 29.7. The largest absolute Gasteiger partial charge is 0.396 e. The summed E-state index contributed by atoms with van der Waals surface area (Å²) in [4.78, 5) is 19.3. The number of para-hydroxylation sites is 1. The fourth-order valence-corrected chi connectivity index (χ4v) is 6.37. The van der Waals surface area contributed by atoms with E-state index in [-0.39, 0.29) is 23.4 Å². The summed E-state index contributed by atoms with van der Waals surface area (Å²) in [5.41, 5.74) is 12.4. The Kier molecular flexibility index (Phi) is 9.76. The number of carbonyl (C=O) groups excluding carboxylic acids is 1. The minimum absolute atomic E-state index is 0.0328. The molecule has 1 aromatic rings. The summed E-state index contributed by atoms with van der Waals surface area (Å²) in [5.74, 6) is 0.644. The molecule has 2 atom stereocenters. The van der Waals surface area contributed by atoms with Gasteiger partial charge in [-0.15, -0.1) is 0 Å². The van der Waals surface area contributed by atoms with Crippen LogP contribution in [-0.4, -0.2) is 69.1 Å². The van der Waals surface area contributed by atoms with Gasteiger partial charge in [-0.2, -0.15) is 4.72 Å². The van der Waals surface area contributed by atoms with Crippen LogP contribution in [-0.2, 0) is 21.2 Å². The maximum atomic E-state index is 13.5. The molecule has 2 aliphatic rings. The first-order chi connectivity index (χ1) is 16.7.